The third-order valence-electron chi connectivity index (χ3n) is 3.85. The summed E-state index contributed by atoms with van der Waals surface area (Å²) < 4.78 is 5.46. The van der Waals surface area contributed by atoms with Crippen LogP contribution in [0.4, 0.5) is 0 Å². The Hall–Kier alpha value is -0.610. The topological polar surface area (TPSA) is 55.6 Å². The molecular weight excluding hydrogens is 204 g/mol. The molecule has 3 atom stereocenters. The second-order valence-corrected chi connectivity index (χ2v) is 4.96. The van der Waals surface area contributed by atoms with E-state index in [4.69, 9.17) is 10.5 Å². The number of piperidine rings is 1. The number of ether oxygens (including phenoxy) is 1. The zero-order valence-electron chi connectivity index (χ0n) is 10.0. The molecule has 4 heteroatoms. The quantitative estimate of drug-likeness (QED) is 0.756. The first-order valence-electron chi connectivity index (χ1n) is 6.36. The Labute approximate surface area is 97.1 Å². The second-order valence-electron chi connectivity index (χ2n) is 4.96. The van der Waals surface area contributed by atoms with E-state index in [2.05, 4.69) is 6.92 Å². The number of carbonyl (C=O) groups is 1. The fourth-order valence-corrected chi connectivity index (χ4v) is 2.84. The molecule has 4 nitrogen and oxygen atoms in total. The number of carbonyl (C=O) groups excluding carboxylic acids is 1. The fourth-order valence-electron chi connectivity index (χ4n) is 2.84. The average Bonchev–Trinajstić information content (AvgIpc) is 2.81. The summed E-state index contributed by atoms with van der Waals surface area (Å²) in [7, 11) is 0. The van der Waals surface area contributed by atoms with Crippen LogP contribution in [-0.2, 0) is 9.53 Å². The lowest BCUT2D eigenvalue weighted by Crippen LogP contribution is -2.54. The molecule has 2 aliphatic rings. The number of hydrogen-bond donors (Lipinski definition) is 1. The lowest BCUT2D eigenvalue weighted by atomic mass is 9.90. The molecule has 2 heterocycles. The molecule has 16 heavy (non-hydrogen) atoms. The van der Waals surface area contributed by atoms with E-state index in [1.54, 1.807) is 0 Å². The summed E-state index contributed by atoms with van der Waals surface area (Å²) in [5.74, 6) is 0.684. The molecule has 0 bridgehead atoms. The molecule has 2 aliphatic heterocycles. The van der Waals surface area contributed by atoms with E-state index in [9.17, 15) is 4.79 Å². The van der Waals surface area contributed by atoms with E-state index in [1.165, 1.54) is 6.42 Å². The van der Waals surface area contributed by atoms with Crippen LogP contribution in [0.3, 0.4) is 0 Å². The van der Waals surface area contributed by atoms with Crippen LogP contribution in [0.2, 0.25) is 0 Å². The summed E-state index contributed by atoms with van der Waals surface area (Å²) >= 11 is 0. The van der Waals surface area contributed by atoms with Crippen LogP contribution in [0.25, 0.3) is 0 Å². The summed E-state index contributed by atoms with van der Waals surface area (Å²) in [6, 6.07) is 0.213. The largest absolute Gasteiger partial charge is 0.368 e. The number of amides is 1. The summed E-state index contributed by atoms with van der Waals surface area (Å²) in [4.78, 5) is 14.2. The van der Waals surface area contributed by atoms with Crippen molar-refractivity contribution >= 4 is 5.91 Å². The molecule has 92 valence electrons. The van der Waals surface area contributed by atoms with Crippen LogP contribution in [0.15, 0.2) is 0 Å². The number of likely N-dealkylation sites (tertiary alicyclic amines) is 1. The second kappa shape index (κ2) is 5.15. The predicted molar refractivity (Wildman–Crippen MR) is 61.9 cm³/mol. The third kappa shape index (κ3) is 2.23. The van der Waals surface area contributed by atoms with Gasteiger partial charge in [0.15, 0.2) is 0 Å². The van der Waals surface area contributed by atoms with Crippen molar-refractivity contribution in [1.29, 1.82) is 0 Å². The molecule has 2 N–H and O–H groups in total. The predicted octanol–water partition coefficient (Wildman–Crippen LogP) is 0.751. The van der Waals surface area contributed by atoms with E-state index in [0.717, 1.165) is 32.4 Å². The van der Waals surface area contributed by atoms with Crippen molar-refractivity contribution in [3.05, 3.63) is 0 Å². The van der Waals surface area contributed by atoms with Crippen LogP contribution in [0, 0.1) is 5.92 Å². The number of rotatable bonds is 2. The average molecular weight is 226 g/mol. The van der Waals surface area contributed by atoms with Crippen molar-refractivity contribution < 1.29 is 9.53 Å². The third-order valence-corrected chi connectivity index (χ3v) is 3.85. The van der Waals surface area contributed by atoms with Gasteiger partial charge in [-0.05, 0) is 31.6 Å². The zero-order valence-corrected chi connectivity index (χ0v) is 10.0. The van der Waals surface area contributed by atoms with Gasteiger partial charge in [-0.1, -0.05) is 6.92 Å². The summed E-state index contributed by atoms with van der Waals surface area (Å²) in [6.07, 6.45) is 3.96. The van der Waals surface area contributed by atoms with Crippen LogP contribution in [0.1, 0.15) is 32.6 Å². The summed E-state index contributed by atoms with van der Waals surface area (Å²) in [5, 5.41) is 0. The van der Waals surface area contributed by atoms with E-state index in [0.29, 0.717) is 12.5 Å². The van der Waals surface area contributed by atoms with E-state index < -0.39 is 0 Å². The summed E-state index contributed by atoms with van der Waals surface area (Å²) in [6.45, 7) is 4.34. The Kier molecular flexibility index (Phi) is 3.82. The lowest BCUT2D eigenvalue weighted by Gasteiger charge is -2.40. The van der Waals surface area contributed by atoms with Crippen molar-refractivity contribution in [1.82, 2.24) is 4.90 Å². The standard InChI is InChI=1S/C12H22N2O2/c1-9-4-2-6-14(10(9)8-13)12(15)11-5-3-7-16-11/h9-11H,2-8,13H2,1H3/t9?,10?,11-/m1/s1. The van der Waals surface area contributed by atoms with Crippen molar-refractivity contribution in [3.8, 4) is 0 Å². The van der Waals surface area contributed by atoms with Crippen LogP contribution >= 0.6 is 0 Å². The number of hydrogen-bond acceptors (Lipinski definition) is 3. The highest BCUT2D eigenvalue weighted by molar-refractivity contribution is 5.81. The molecule has 0 aromatic heterocycles. The molecule has 0 aromatic rings. The summed E-state index contributed by atoms with van der Waals surface area (Å²) in [5.41, 5.74) is 5.79. The number of nitrogens with zero attached hydrogens (tertiary/aromatic N) is 1. The maximum Gasteiger partial charge on any atom is 0.252 e. The maximum atomic E-state index is 12.3. The van der Waals surface area contributed by atoms with Gasteiger partial charge in [0, 0.05) is 25.7 Å². The molecule has 2 fully saturated rings. The minimum absolute atomic E-state index is 0.166. The first-order valence-corrected chi connectivity index (χ1v) is 6.36. The lowest BCUT2D eigenvalue weighted by molar-refractivity contribution is -0.145. The van der Waals surface area contributed by atoms with Crippen LogP contribution in [-0.4, -0.2) is 42.6 Å². The molecule has 0 aromatic carbocycles. The maximum absolute atomic E-state index is 12.3. The fraction of sp³-hybridized carbons (Fsp3) is 0.917. The van der Waals surface area contributed by atoms with E-state index in [1.807, 2.05) is 4.90 Å². The van der Waals surface area contributed by atoms with Crippen LogP contribution < -0.4 is 5.73 Å². The van der Waals surface area contributed by atoms with Gasteiger partial charge in [0.2, 0.25) is 0 Å². The van der Waals surface area contributed by atoms with Gasteiger partial charge in [-0.25, -0.2) is 0 Å². The van der Waals surface area contributed by atoms with Crippen molar-refractivity contribution in [3.63, 3.8) is 0 Å². The normalized spacial score (nSPS) is 35.4. The highest BCUT2D eigenvalue weighted by Gasteiger charge is 2.35. The van der Waals surface area contributed by atoms with Gasteiger partial charge in [0.25, 0.3) is 5.91 Å². The first kappa shape index (κ1) is 11.9. The Morgan fingerprint density at radius 3 is 2.88 bits per heavy atom. The highest BCUT2D eigenvalue weighted by Crippen LogP contribution is 2.25. The van der Waals surface area contributed by atoms with Gasteiger partial charge in [0.05, 0.1) is 0 Å². The molecule has 0 saturated carbocycles. The monoisotopic (exact) mass is 226 g/mol. The molecule has 0 aliphatic carbocycles. The Morgan fingerprint density at radius 2 is 2.25 bits per heavy atom. The Balaban J connectivity index is 2.02. The Morgan fingerprint density at radius 1 is 1.44 bits per heavy atom. The molecule has 2 saturated heterocycles. The van der Waals surface area contributed by atoms with Gasteiger partial charge in [-0.3, -0.25) is 4.79 Å². The Bertz CT molecular complexity index is 251. The molecule has 2 rings (SSSR count). The molecule has 0 radical (unpaired) electrons. The highest BCUT2D eigenvalue weighted by atomic mass is 16.5. The SMILES string of the molecule is CC1CCCN(C(=O)[C@H]2CCCO2)C1CN. The van der Waals surface area contributed by atoms with Gasteiger partial charge in [-0.2, -0.15) is 0 Å². The van der Waals surface area contributed by atoms with E-state index in [-0.39, 0.29) is 18.1 Å². The number of nitrogens with two attached hydrogens (primary N) is 1. The molecular formula is C12H22N2O2. The van der Waals surface area contributed by atoms with Crippen molar-refractivity contribution in [2.75, 3.05) is 19.7 Å². The van der Waals surface area contributed by atoms with Gasteiger partial charge >= 0.3 is 0 Å². The first-order chi connectivity index (χ1) is 7.74. The smallest absolute Gasteiger partial charge is 0.252 e. The van der Waals surface area contributed by atoms with Gasteiger partial charge < -0.3 is 15.4 Å². The zero-order chi connectivity index (χ0) is 11.5. The van der Waals surface area contributed by atoms with Crippen LogP contribution in [0.5, 0.6) is 0 Å². The van der Waals surface area contributed by atoms with Gasteiger partial charge in [0.1, 0.15) is 6.10 Å². The molecule has 1 amide bonds. The molecule has 2 unspecified atom stereocenters. The van der Waals surface area contributed by atoms with Gasteiger partial charge in [-0.15, -0.1) is 0 Å². The van der Waals surface area contributed by atoms with Crippen molar-refractivity contribution in [2.45, 2.75) is 44.8 Å². The van der Waals surface area contributed by atoms with E-state index >= 15 is 0 Å². The minimum atomic E-state index is -0.195. The molecule has 0 spiro atoms. The van der Waals surface area contributed by atoms with Crippen molar-refractivity contribution in [2.24, 2.45) is 11.7 Å². The minimum Gasteiger partial charge on any atom is -0.368 e.